The lowest BCUT2D eigenvalue weighted by Gasteiger charge is -2.13. The molecule has 0 fully saturated rings. The fraction of sp³-hybridized carbons (Fsp3) is 0.0769. The predicted molar refractivity (Wildman–Crippen MR) is 67.4 cm³/mol. The van der Waals surface area contributed by atoms with E-state index in [1.165, 1.54) is 0 Å². The molecule has 0 aliphatic carbocycles. The van der Waals surface area contributed by atoms with Crippen LogP contribution < -0.4 is 10.5 Å². The van der Waals surface area contributed by atoms with Crippen LogP contribution in [0.25, 0.3) is 0 Å². The van der Waals surface area contributed by atoms with Gasteiger partial charge in [-0.15, -0.1) is 0 Å². The van der Waals surface area contributed by atoms with Gasteiger partial charge in [-0.05, 0) is 30.3 Å². The van der Waals surface area contributed by atoms with E-state index in [-0.39, 0.29) is 17.2 Å². The minimum absolute atomic E-state index is 0.0806. The van der Waals surface area contributed by atoms with Crippen molar-refractivity contribution in [3.63, 3.8) is 0 Å². The minimum atomic E-state index is -4.45. The van der Waals surface area contributed by atoms with E-state index in [0.29, 0.717) is 5.02 Å². The Labute approximate surface area is 112 Å². The number of nitrogens with two attached hydrogens (primary N) is 1. The summed E-state index contributed by atoms with van der Waals surface area (Å²) in [7, 11) is 0. The number of halogens is 4. The second kappa shape index (κ2) is 5.01. The Bertz CT molecular complexity index is 599. The van der Waals surface area contributed by atoms with Crippen molar-refractivity contribution in [2.24, 2.45) is 0 Å². The van der Waals surface area contributed by atoms with Crippen LogP contribution >= 0.6 is 11.6 Å². The average Bonchev–Trinajstić information content (AvgIpc) is 2.33. The number of para-hydroxylation sites is 1. The number of nitrogen functional groups attached to an aromatic ring is 1. The zero-order valence-electron chi connectivity index (χ0n) is 9.54. The summed E-state index contributed by atoms with van der Waals surface area (Å²) in [4.78, 5) is 0. The standard InChI is InChI=1S/C13H9ClF3NO/c14-9-3-1-2-4-11(9)19-12-7-8(13(15,16)17)5-6-10(12)18/h1-7H,18H2. The molecule has 0 saturated heterocycles. The summed E-state index contributed by atoms with van der Waals surface area (Å²) in [6.07, 6.45) is -4.45. The van der Waals surface area contributed by atoms with E-state index in [1.807, 2.05) is 0 Å². The van der Waals surface area contributed by atoms with Crippen molar-refractivity contribution in [3.05, 3.63) is 53.1 Å². The van der Waals surface area contributed by atoms with Crippen LogP contribution in [0.4, 0.5) is 18.9 Å². The Balaban J connectivity index is 2.38. The van der Waals surface area contributed by atoms with Crippen molar-refractivity contribution in [2.75, 3.05) is 5.73 Å². The molecule has 0 spiro atoms. The second-order valence-electron chi connectivity index (χ2n) is 3.78. The highest BCUT2D eigenvalue weighted by atomic mass is 35.5. The van der Waals surface area contributed by atoms with E-state index in [9.17, 15) is 13.2 Å². The number of hydrogen-bond donors (Lipinski definition) is 1. The minimum Gasteiger partial charge on any atom is -0.454 e. The number of hydrogen-bond acceptors (Lipinski definition) is 2. The Kier molecular flexibility index (Phi) is 3.57. The van der Waals surface area contributed by atoms with E-state index in [1.54, 1.807) is 24.3 Å². The molecule has 0 aliphatic rings. The molecule has 2 nitrogen and oxygen atoms in total. The monoisotopic (exact) mass is 287 g/mol. The molecule has 2 aromatic carbocycles. The smallest absolute Gasteiger partial charge is 0.416 e. The first-order chi connectivity index (χ1) is 8.88. The topological polar surface area (TPSA) is 35.2 Å². The van der Waals surface area contributed by atoms with Crippen molar-refractivity contribution in [1.29, 1.82) is 0 Å². The third kappa shape index (κ3) is 3.12. The Morgan fingerprint density at radius 3 is 2.32 bits per heavy atom. The van der Waals surface area contributed by atoms with E-state index < -0.39 is 11.7 Å². The fourth-order valence-corrected chi connectivity index (χ4v) is 1.62. The molecule has 0 heterocycles. The van der Waals surface area contributed by atoms with Crippen LogP contribution in [-0.2, 0) is 6.18 Å². The largest absolute Gasteiger partial charge is 0.454 e. The first-order valence-corrected chi connectivity index (χ1v) is 5.65. The van der Waals surface area contributed by atoms with E-state index in [4.69, 9.17) is 22.1 Å². The SMILES string of the molecule is Nc1ccc(C(F)(F)F)cc1Oc1ccccc1Cl. The van der Waals surface area contributed by atoms with Crippen LogP contribution in [0, 0.1) is 0 Å². The molecule has 0 atom stereocenters. The highest BCUT2D eigenvalue weighted by Gasteiger charge is 2.31. The highest BCUT2D eigenvalue weighted by Crippen LogP contribution is 2.37. The molecule has 100 valence electrons. The van der Waals surface area contributed by atoms with Crippen molar-refractivity contribution < 1.29 is 17.9 Å². The van der Waals surface area contributed by atoms with Gasteiger partial charge in [0, 0.05) is 0 Å². The van der Waals surface area contributed by atoms with Gasteiger partial charge in [-0.2, -0.15) is 13.2 Å². The second-order valence-corrected chi connectivity index (χ2v) is 4.19. The van der Waals surface area contributed by atoms with E-state index in [0.717, 1.165) is 18.2 Å². The molecule has 0 aliphatic heterocycles. The number of ether oxygens (including phenoxy) is 1. The summed E-state index contributed by atoms with van der Waals surface area (Å²) in [5.74, 6) is 0.165. The molecular formula is C13H9ClF3NO. The van der Waals surface area contributed by atoms with Gasteiger partial charge in [0.1, 0.15) is 5.75 Å². The van der Waals surface area contributed by atoms with Gasteiger partial charge >= 0.3 is 6.18 Å². The van der Waals surface area contributed by atoms with Crippen molar-refractivity contribution in [2.45, 2.75) is 6.18 Å². The molecule has 0 radical (unpaired) electrons. The Hall–Kier alpha value is -1.88. The van der Waals surface area contributed by atoms with Gasteiger partial charge in [0.05, 0.1) is 16.3 Å². The predicted octanol–water partition coefficient (Wildman–Crippen LogP) is 4.73. The Morgan fingerprint density at radius 1 is 1.00 bits per heavy atom. The lowest BCUT2D eigenvalue weighted by molar-refractivity contribution is -0.137. The van der Waals surface area contributed by atoms with Crippen molar-refractivity contribution in [1.82, 2.24) is 0 Å². The van der Waals surface area contributed by atoms with Gasteiger partial charge in [-0.3, -0.25) is 0 Å². The molecule has 19 heavy (non-hydrogen) atoms. The van der Waals surface area contributed by atoms with Crippen LogP contribution in [0.15, 0.2) is 42.5 Å². The van der Waals surface area contributed by atoms with Gasteiger partial charge in [-0.25, -0.2) is 0 Å². The van der Waals surface area contributed by atoms with Gasteiger partial charge in [0.2, 0.25) is 0 Å². The summed E-state index contributed by atoms with van der Waals surface area (Å²) in [5.41, 5.74) is 4.87. The summed E-state index contributed by atoms with van der Waals surface area (Å²) >= 11 is 5.87. The molecule has 0 unspecified atom stereocenters. The fourth-order valence-electron chi connectivity index (χ4n) is 1.45. The van der Waals surface area contributed by atoms with Gasteiger partial charge in [-0.1, -0.05) is 23.7 Å². The molecule has 0 aromatic heterocycles. The number of anilines is 1. The van der Waals surface area contributed by atoms with Gasteiger partial charge in [0.25, 0.3) is 0 Å². The molecular weight excluding hydrogens is 279 g/mol. The normalized spacial score (nSPS) is 11.4. The molecule has 0 bridgehead atoms. The maximum absolute atomic E-state index is 12.6. The third-order valence-corrected chi connectivity index (χ3v) is 2.71. The van der Waals surface area contributed by atoms with E-state index in [2.05, 4.69) is 0 Å². The summed E-state index contributed by atoms with van der Waals surface area (Å²) in [6, 6.07) is 9.35. The first-order valence-electron chi connectivity index (χ1n) is 5.27. The quantitative estimate of drug-likeness (QED) is 0.810. The number of alkyl halides is 3. The molecule has 2 rings (SSSR count). The summed E-state index contributed by atoms with van der Waals surface area (Å²) in [5, 5.41) is 0.291. The van der Waals surface area contributed by atoms with Crippen molar-refractivity contribution >= 4 is 17.3 Å². The van der Waals surface area contributed by atoms with Crippen LogP contribution in [0.5, 0.6) is 11.5 Å². The summed E-state index contributed by atoms with van der Waals surface area (Å²) in [6.45, 7) is 0. The van der Waals surface area contributed by atoms with Gasteiger partial charge in [0.15, 0.2) is 5.75 Å². The Morgan fingerprint density at radius 2 is 1.68 bits per heavy atom. The lowest BCUT2D eigenvalue weighted by Crippen LogP contribution is -2.05. The molecule has 0 amide bonds. The van der Waals surface area contributed by atoms with Gasteiger partial charge < -0.3 is 10.5 Å². The zero-order valence-corrected chi connectivity index (χ0v) is 10.3. The first kappa shape index (κ1) is 13.5. The molecule has 6 heteroatoms. The van der Waals surface area contributed by atoms with Crippen LogP contribution in [0.3, 0.4) is 0 Å². The lowest BCUT2D eigenvalue weighted by atomic mass is 10.2. The number of rotatable bonds is 2. The number of benzene rings is 2. The van der Waals surface area contributed by atoms with Crippen molar-refractivity contribution in [3.8, 4) is 11.5 Å². The van der Waals surface area contributed by atoms with Crippen LogP contribution in [0.1, 0.15) is 5.56 Å². The summed E-state index contributed by atoms with van der Waals surface area (Å²) < 4.78 is 43.1. The molecule has 2 aromatic rings. The maximum Gasteiger partial charge on any atom is 0.416 e. The zero-order chi connectivity index (χ0) is 14.0. The van der Waals surface area contributed by atoms with Crippen LogP contribution in [-0.4, -0.2) is 0 Å². The highest BCUT2D eigenvalue weighted by molar-refractivity contribution is 6.32. The molecule has 2 N–H and O–H groups in total. The average molecular weight is 288 g/mol. The molecule has 0 saturated carbocycles. The maximum atomic E-state index is 12.6. The third-order valence-electron chi connectivity index (χ3n) is 2.40. The van der Waals surface area contributed by atoms with E-state index >= 15 is 0 Å². The van der Waals surface area contributed by atoms with Crippen LogP contribution in [0.2, 0.25) is 5.02 Å².